The lowest BCUT2D eigenvalue weighted by Crippen LogP contribution is -2.75. The Morgan fingerprint density at radius 2 is 0.579 bits per heavy atom. The number of unbranched alkanes of at least 4 members (excludes halogenated alkanes) is 60. The highest BCUT2D eigenvalue weighted by Gasteiger charge is 2.68. The molecule has 23 nitrogen and oxygen atoms in total. The average Bonchev–Trinajstić information content (AvgIpc) is 0.723. The molecule has 1 unspecified atom stereocenters. The van der Waals surface area contributed by atoms with Crippen LogP contribution in [0.2, 0.25) is 0 Å². The normalized spacial score (nSPS) is 20.6. The van der Waals surface area contributed by atoms with E-state index in [4.69, 9.17) is 28.4 Å². The van der Waals surface area contributed by atoms with Gasteiger partial charge in [0.2, 0.25) is 17.2 Å². The number of amides is 2. The number of ether oxygens (including phenoxy) is 6. The van der Waals surface area contributed by atoms with E-state index in [1.54, 1.807) is 0 Å². The van der Waals surface area contributed by atoms with Gasteiger partial charge < -0.3 is 79.5 Å². The van der Waals surface area contributed by atoms with E-state index in [9.17, 15) is 69.0 Å². The van der Waals surface area contributed by atoms with Crippen molar-refractivity contribution in [2.24, 2.45) is 0 Å². The topological polar surface area (TPSA) is 361 Å². The molecule has 2 fully saturated rings. The summed E-state index contributed by atoms with van der Waals surface area (Å²) in [6.45, 7) is 11.8. The van der Waals surface area contributed by atoms with Gasteiger partial charge in [0.15, 0.2) is 12.4 Å². The summed E-state index contributed by atoms with van der Waals surface area (Å²) < 4.78 is 50.6. The third-order valence-electron chi connectivity index (χ3n) is 26.2. The van der Waals surface area contributed by atoms with Crippen molar-refractivity contribution in [1.29, 1.82) is 0 Å². The number of carbonyl (C=O) groups excluding carboxylic acids is 6. The van der Waals surface area contributed by atoms with E-state index in [0.717, 1.165) is 225 Å². The van der Waals surface area contributed by atoms with Crippen molar-refractivity contribution in [3.8, 4) is 0 Å². The minimum absolute atomic E-state index is 0.0568. The van der Waals surface area contributed by atoms with Gasteiger partial charge in [0.25, 0.3) is 0 Å². The SMILES string of the molecule is CCCCCCCCCCCCCCCCCC(=O)O[C@H](CCCCCCCCCCC)CC(=O)N[C@H]1[C@@H](OC(=O)C[C@@H](CCCCCCCCCCC)OC(=O)CCCCCCCCCCCCC)[C@@](O)(P(=O)(O)O)[C@@H](CO)O[C@H]1C(O)[C@H]1O[C@H](O)[C@@H](NC(=O)C[C@@H](CCCCCCCCCCC)OC(=O)CCCCCCCCCCCCCCC)[C@@H](O)[C@@H]1O. The molecule has 0 aromatic carbocycles. The summed E-state index contributed by atoms with van der Waals surface area (Å²) in [5.41, 5.74) is 0. The fraction of sp³-hybridized carbons (Fsp3) is 0.941. The lowest BCUT2D eigenvalue weighted by atomic mass is 9.84. The number of hydrogen-bond acceptors (Lipinski definition) is 19. The van der Waals surface area contributed by atoms with Gasteiger partial charge in [-0.05, 0) is 57.8 Å². The third kappa shape index (κ3) is 57.3. The van der Waals surface area contributed by atoms with Crippen LogP contribution < -0.4 is 10.6 Å². The first-order valence-corrected chi connectivity index (χ1v) is 54.5. The predicted molar refractivity (Wildman–Crippen MR) is 505 cm³/mol. The van der Waals surface area contributed by atoms with Crippen molar-refractivity contribution in [2.45, 2.75) is 608 Å². The number of aliphatic hydroxyl groups is 6. The van der Waals surface area contributed by atoms with Crippen LogP contribution in [0.4, 0.5) is 0 Å². The van der Waals surface area contributed by atoms with Crippen LogP contribution in [0.15, 0.2) is 0 Å². The lowest BCUT2D eigenvalue weighted by Gasteiger charge is -2.53. The van der Waals surface area contributed by atoms with Gasteiger partial charge in [-0.2, -0.15) is 0 Å². The van der Waals surface area contributed by atoms with Gasteiger partial charge in [-0.25, -0.2) is 0 Å². The second-order valence-electron chi connectivity index (χ2n) is 37.9. The minimum Gasteiger partial charge on any atom is -0.462 e. The molecule has 10 N–H and O–H groups in total. The third-order valence-corrected chi connectivity index (χ3v) is 27.7. The van der Waals surface area contributed by atoms with Crippen LogP contribution in [0.3, 0.4) is 0 Å². The fourth-order valence-corrected chi connectivity index (χ4v) is 19.3. The summed E-state index contributed by atoms with van der Waals surface area (Å²) in [5.74, 6) is -4.59. The maximum atomic E-state index is 15.2. The zero-order chi connectivity index (χ0) is 92.4. The van der Waals surface area contributed by atoms with E-state index in [1.807, 2.05) is 0 Å². The zero-order valence-electron chi connectivity index (χ0n) is 81.1. The quantitative estimate of drug-likeness (QED) is 0.0117. The summed E-state index contributed by atoms with van der Waals surface area (Å²) in [6, 6.07) is -4.05. The monoisotopic (exact) mass is 1810 g/mol. The van der Waals surface area contributed by atoms with E-state index < -0.39 is 147 Å². The summed E-state index contributed by atoms with van der Waals surface area (Å²) in [7, 11) is -6.17. The second-order valence-corrected chi connectivity index (χ2v) is 39.7. The average molecular weight is 1810 g/mol. The molecule has 0 aliphatic carbocycles. The molecule has 2 aliphatic heterocycles. The molecule has 742 valence electrons. The molecule has 2 rings (SSSR count). The Morgan fingerprint density at radius 3 is 0.841 bits per heavy atom. The van der Waals surface area contributed by atoms with E-state index in [2.05, 4.69) is 52.2 Å². The van der Waals surface area contributed by atoms with Crippen molar-refractivity contribution in [1.82, 2.24) is 10.6 Å². The Labute approximate surface area is 766 Å². The van der Waals surface area contributed by atoms with Gasteiger partial charge in [-0.15, -0.1) is 0 Å². The summed E-state index contributed by atoms with van der Waals surface area (Å²) in [5, 5.41) is 74.3. The largest absolute Gasteiger partial charge is 0.462 e. The summed E-state index contributed by atoms with van der Waals surface area (Å²) in [4.78, 5) is 108. The van der Waals surface area contributed by atoms with Crippen LogP contribution in [-0.4, -0.2) is 167 Å². The molecule has 0 bridgehead atoms. The summed E-state index contributed by atoms with van der Waals surface area (Å²) >= 11 is 0. The van der Waals surface area contributed by atoms with E-state index in [-0.39, 0.29) is 38.5 Å². The number of rotatable bonds is 88. The molecule has 0 aromatic rings. The second kappa shape index (κ2) is 79.1. The van der Waals surface area contributed by atoms with Crippen molar-refractivity contribution >= 4 is 43.3 Å². The Kier molecular flexibility index (Phi) is 74.5. The Bertz CT molecular complexity index is 2680. The van der Waals surface area contributed by atoms with Gasteiger partial charge in [0.05, 0.1) is 31.9 Å². The van der Waals surface area contributed by atoms with E-state index in [0.29, 0.717) is 44.9 Å². The van der Waals surface area contributed by atoms with Crippen molar-refractivity contribution in [2.75, 3.05) is 6.61 Å². The minimum atomic E-state index is -6.17. The number of aliphatic hydroxyl groups excluding tert-OH is 5. The molecule has 2 amide bonds. The molecule has 0 saturated carbocycles. The maximum Gasteiger partial charge on any atom is 0.363 e. The van der Waals surface area contributed by atoms with Crippen molar-refractivity contribution in [3.63, 3.8) is 0 Å². The molecule has 2 aliphatic rings. The maximum absolute atomic E-state index is 15.2. The predicted octanol–water partition coefficient (Wildman–Crippen LogP) is 23.4. The number of esters is 4. The fourth-order valence-electron chi connectivity index (χ4n) is 18.2. The van der Waals surface area contributed by atoms with Crippen molar-refractivity contribution in [3.05, 3.63) is 0 Å². The van der Waals surface area contributed by atoms with Crippen LogP contribution in [0.5, 0.6) is 0 Å². The van der Waals surface area contributed by atoms with Crippen LogP contribution in [-0.2, 0) is 61.8 Å². The molecule has 0 radical (unpaired) electrons. The number of hydrogen-bond donors (Lipinski definition) is 10. The van der Waals surface area contributed by atoms with Crippen LogP contribution in [0, 0.1) is 0 Å². The molecular weight excluding hydrogens is 1620 g/mol. The first-order chi connectivity index (χ1) is 61.1. The Morgan fingerprint density at radius 1 is 0.333 bits per heavy atom. The highest BCUT2D eigenvalue weighted by atomic mass is 31.2. The van der Waals surface area contributed by atoms with Crippen LogP contribution in [0.1, 0.15) is 523 Å². The van der Waals surface area contributed by atoms with Gasteiger partial charge in [-0.3, -0.25) is 33.3 Å². The van der Waals surface area contributed by atoms with E-state index >= 15 is 4.79 Å². The smallest absolute Gasteiger partial charge is 0.363 e. The summed E-state index contributed by atoms with van der Waals surface area (Å²) in [6.07, 6.45) is 48.1. The molecular formula is C102H193N2O21P. The van der Waals surface area contributed by atoms with Gasteiger partial charge >= 0.3 is 31.5 Å². The highest BCUT2D eigenvalue weighted by Crippen LogP contribution is 2.57. The molecule has 2 heterocycles. The van der Waals surface area contributed by atoms with Crippen molar-refractivity contribution < 1.29 is 102 Å². The van der Waals surface area contributed by atoms with Crippen LogP contribution >= 0.6 is 7.60 Å². The molecule has 14 atom stereocenters. The molecule has 2 saturated heterocycles. The van der Waals surface area contributed by atoms with Gasteiger partial charge in [-0.1, -0.05) is 427 Å². The standard InChI is InChI=1S/C102H193N2O21P/c1-7-13-19-25-31-37-40-42-43-45-48-54-60-65-71-77-90(109)121-84(74-68-62-56-50-35-29-23-17-11-5)80-88(107)104-94-98(123-86(82-105)102(116,126(117,118)119)100(94)124-92(111)81-85(75-69-63-57-51-36-30-24-18-12-6)122-91(110)78-72-66-58-52-46-39-33-27-21-15-9-3)97(114)99-96(113)95(112)93(101(115)125-99)103-87(106)79-83(73-67-61-55-49-34-28-22-16-10-4)120-89(108)76-70-64-59-53-47-44-41-38-32-26-20-14-8-2/h83-86,93-101,105,112-116H,7-82H2,1-6H3,(H,103,106)(H,104,107)(H2,117,118,119)/t83-,84-,85-,86-,93+,94-,95-,96+,97?,98-,99+,100-,101+,102+/m1/s1. The Hall–Kier alpha value is -3.35. The highest BCUT2D eigenvalue weighted by molar-refractivity contribution is 7.53. The van der Waals surface area contributed by atoms with Crippen LogP contribution in [0.25, 0.3) is 0 Å². The van der Waals surface area contributed by atoms with Gasteiger partial charge in [0.1, 0.15) is 61.0 Å². The lowest BCUT2D eigenvalue weighted by molar-refractivity contribution is -0.296. The van der Waals surface area contributed by atoms with Gasteiger partial charge in [0, 0.05) is 19.3 Å². The van der Waals surface area contributed by atoms with E-state index in [1.165, 1.54) is 161 Å². The Balaban J connectivity index is 2.64. The number of nitrogens with one attached hydrogen (secondary N) is 2. The first-order valence-electron chi connectivity index (χ1n) is 52.8. The number of carbonyl (C=O) groups is 6. The molecule has 0 spiro atoms. The molecule has 126 heavy (non-hydrogen) atoms. The molecule has 0 aromatic heterocycles. The first kappa shape index (κ1) is 119. The zero-order valence-corrected chi connectivity index (χ0v) is 82.0. The molecule has 24 heteroatoms.